The van der Waals surface area contributed by atoms with E-state index in [1.165, 1.54) is 4.88 Å². The molecule has 0 aliphatic heterocycles. The highest BCUT2D eigenvalue weighted by atomic mass is 35.5. The van der Waals surface area contributed by atoms with Crippen LogP contribution in [0.25, 0.3) is 0 Å². The number of thiophene rings is 1. The first-order valence-electron chi connectivity index (χ1n) is 5.17. The molecule has 0 amide bonds. The van der Waals surface area contributed by atoms with E-state index in [-0.39, 0.29) is 6.10 Å². The first-order valence-corrected chi connectivity index (χ1v) is 6.37. The Balaban J connectivity index is 2.57. The fourth-order valence-corrected chi connectivity index (χ4v) is 2.65. The average Bonchev–Trinajstić information content (AvgIpc) is 2.62. The predicted octanol–water partition coefficient (Wildman–Crippen LogP) is 2.96. The second kappa shape index (κ2) is 6.48. The predicted molar refractivity (Wildman–Crippen MR) is 67.0 cm³/mol. The highest BCUT2D eigenvalue weighted by Gasteiger charge is 2.16. The Kier molecular flexibility index (Phi) is 5.61. The van der Waals surface area contributed by atoms with E-state index >= 15 is 0 Å². The van der Waals surface area contributed by atoms with Gasteiger partial charge in [0.05, 0.1) is 10.4 Å². The standard InChI is InChI=1S/C11H18ClNOS/c1-4-13-10(8(2)14-3)7-9-5-6-11(12)15-9/h5-6,8,10,13H,4,7H2,1-3H3. The van der Waals surface area contributed by atoms with Crippen molar-refractivity contribution in [2.24, 2.45) is 0 Å². The maximum absolute atomic E-state index is 5.90. The van der Waals surface area contributed by atoms with Crippen molar-refractivity contribution >= 4 is 22.9 Å². The summed E-state index contributed by atoms with van der Waals surface area (Å²) in [6.07, 6.45) is 1.19. The molecule has 2 atom stereocenters. The third-order valence-electron chi connectivity index (χ3n) is 2.45. The Labute approximate surface area is 101 Å². The summed E-state index contributed by atoms with van der Waals surface area (Å²) in [6.45, 7) is 5.15. The van der Waals surface area contributed by atoms with Crippen LogP contribution < -0.4 is 5.32 Å². The highest BCUT2D eigenvalue weighted by Crippen LogP contribution is 2.23. The van der Waals surface area contributed by atoms with E-state index in [1.807, 2.05) is 6.07 Å². The summed E-state index contributed by atoms with van der Waals surface area (Å²) in [4.78, 5) is 1.30. The van der Waals surface area contributed by atoms with Crippen LogP contribution in [0.4, 0.5) is 0 Å². The molecule has 2 unspecified atom stereocenters. The molecule has 0 radical (unpaired) electrons. The molecule has 0 saturated carbocycles. The van der Waals surface area contributed by atoms with Crippen molar-refractivity contribution in [3.8, 4) is 0 Å². The van der Waals surface area contributed by atoms with E-state index in [1.54, 1.807) is 18.4 Å². The first kappa shape index (κ1) is 13.0. The number of hydrogen-bond donors (Lipinski definition) is 1. The number of ether oxygens (including phenoxy) is 1. The minimum atomic E-state index is 0.214. The van der Waals surface area contributed by atoms with Crippen molar-refractivity contribution in [3.05, 3.63) is 21.3 Å². The van der Waals surface area contributed by atoms with Crippen LogP contribution in [0, 0.1) is 0 Å². The smallest absolute Gasteiger partial charge is 0.0931 e. The van der Waals surface area contributed by atoms with Crippen LogP contribution in [-0.2, 0) is 11.2 Å². The first-order chi connectivity index (χ1) is 7.17. The van der Waals surface area contributed by atoms with Gasteiger partial charge >= 0.3 is 0 Å². The van der Waals surface area contributed by atoms with Crippen molar-refractivity contribution < 1.29 is 4.74 Å². The van der Waals surface area contributed by atoms with Gasteiger partial charge in [0.1, 0.15) is 0 Å². The molecular weight excluding hydrogens is 230 g/mol. The van der Waals surface area contributed by atoms with Gasteiger partial charge in [-0.1, -0.05) is 18.5 Å². The molecule has 4 heteroatoms. The van der Waals surface area contributed by atoms with Gasteiger partial charge in [0.15, 0.2) is 0 Å². The molecule has 0 saturated heterocycles. The number of nitrogens with one attached hydrogen (secondary N) is 1. The Morgan fingerprint density at radius 2 is 2.27 bits per heavy atom. The van der Waals surface area contributed by atoms with Crippen LogP contribution in [0.1, 0.15) is 18.7 Å². The highest BCUT2D eigenvalue weighted by molar-refractivity contribution is 7.16. The van der Waals surface area contributed by atoms with Crippen LogP contribution in [0.2, 0.25) is 4.34 Å². The Morgan fingerprint density at radius 3 is 2.73 bits per heavy atom. The molecule has 1 aromatic heterocycles. The minimum Gasteiger partial charge on any atom is -0.380 e. The zero-order chi connectivity index (χ0) is 11.3. The maximum atomic E-state index is 5.90. The maximum Gasteiger partial charge on any atom is 0.0931 e. The SMILES string of the molecule is CCNC(Cc1ccc(Cl)s1)C(C)OC. The Bertz CT molecular complexity index is 290. The summed E-state index contributed by atoms with van der Waals surface area (Å²) in [7, 11) is 1.75. The van der Waals surface area contributed by atoms with Crippen LogP contribution in [0.5, 0.6) is 0 Å². The summed E-state index contributed by atoms with van der Waals surface area (Å²) in [5.74, 6) is 0. The zero-order valence-corrected chi connectivity index (χ0v) is 11.0. The molecule has 1 rings (SSSR count). The van der Waals surface area contributed by atoms with Gasteiger partial charge in [-0.25, -0.2) is 0 Å². The molecule has 0 aliphatic carbocycles. The molecule has 1 heterocycles. The number of methoxy groups -OCH3 is 1. The normalized spacial score (nSPS) is 15.2. The van der Waals surface area contributed by atoms with Gasteiger partial charge in [0.2, 0.25) is 0 Å². The minimum absolute atomic E-state index is 0.214. The topological polar surface area (TPSA) is 21.3 Å². The largest absolute Gasteiger partial charge is 0.380 e. The Morgan fingerprint density at radius 1 is 1.53 bits per heavy atom. The summed E-state index contributed by atoms with van der Waals surface area (Å²) < 4.78 is 6.21. The van der Waals surface area contributed by atoms with Gasteiger partial charge in [0, 0.05) is 18.0 Å². The van der Waals surface area contributed by atoms with Gasteiger partial charge in [0.25, 0.3) is 0 Å². The van der Waals surface area contributed by atoms with Crippen molar-refractivity contribution in [1.29, 1.82) is 0 Å². The lowest BCUT2D eigenvalue weighted by Crippen LogP contribution is -2.40. The molecule has 0 aliphatic rings. The lowest BCUT2D eigenvalue weighted by molar-refractivity contribution is 0.0839. The molecular formula is C11H18ClNOS. The van der Waals surface area contributed by atoms with Crippen molar-refractivity contribution in [2.75, 3.05) is 13.7 Å². The van der Waals surface area contributed by atoms with E-state index in [0.29, 0.717) is 6.04 Å². The van der Waals surface area contributed by atoms with Gasteiger partial charge in [-0.2, -0.15) is 0 Å². The van der Waals surface area contributed by atoms with E-state index < -0.39 is 0 Å². The Hall–Kier alpha value is -0.0900. The third-order valence-corrected chi connectivity index (χ3v) is 3.71. The number of likely N-dealkylation sites (N-methyl/N-ethyl adjacent to an activating group) is 1. The number of hydrogen-bond acceptors (Lipinski definition) is 3. The molecule has 86 valence electrons. The van der Waals surface area contributed by atoms with E-state index in [2.05, 4.69) is 25.2 Å². The molecule has 2 nitrogen and oxygen atoms in total. The van der Waals surface area contributed by atoms with Crippen LogP contribution in [0.15, 0.2) is 12.1 Å². The van der Waals surface area contributed by atoms with Crippen LogP contribution >= 0.6 is 22.9 Å². The van der Waals surface area contributed by atoms with Crippen molar-refractivity contribution in [2.45, 2.75) is 32.4 Å². The number of rotatable bonds is 6. The second-order valence-corrected chi connectivity index (χ2v) is 5.31. The van der Waals surface area contributed by atoms with Crippen molar-refractivity contribution in [1.82, 2.24) is 5.32 Å². The van der Waals surface area contributed by atoms with E-state index in [0.717, 1.165) is 17.3 Å². The summed E-state index contributed by atoms with van der Waals surface area (Å²) in [5.41, 5.74) is 0. The van der Waals surface area contributed by atoms with Crippen LogP contribution in [-0.4, -0.2) is 25.8 Å². The molecule has 1 aromatic rings. The molecule has 15 heavy (non-hydrogen) atoms. The monoisotopic (exact) mass is 247 g/mol. The second-order valence-electron chi connectivity index (χ2n) is 3.51. The number of halogens is 1. The van der Waals surface area contributed by atoms with Gasteiger partial charge < -0.3 is 10.1 Å². The molecule has 0 aromatic carbocycles. The van der Waals surface area contributed by atoms with Gasteiger partial charge in [-0.3, -0.25) is 0 Å². The van der Waals surface area contributed by atoms with Gasteiger partial charge in [-0.05, 0) is 32.0 Å². The lowest BCUT2D eigenvalue weighted by atomic mass is 10.1. The van der Waals surface area contributed by atoms with Gasteiger partial charge in [-0.15, -0.1) is 11.3 Å². The average molecular weight is 248 g/mol. The molecule has 0 bridgehead atoms. The van der Waals surface area contributed by atoms with Crippen molar-refractivity contribution in [3.63, 3.8) is 0 Å². The molecule has 0 fully saturated rings. The molecule has 1 N–H and O–H groups in total. The fraction of sp³-hybridized carbons (Fsp3) is 0.636. The summed E-state index contributed by atoms with van der Waals surface area (Å²) in [6, 6.07) is 4.39. The van der Waals surface area contributed by atoms with E-state index in [4.69, 9.17) is 16.3 Å². The summed E-state index contributed by atoms with van der Waals surface area (Å²) in [5, 5.41) is 3.43. The fourth-order valence-electron chi connectivity index (χ4n) is 1.51. The lowest BCUT2D eigenvalue weighted by Gasteiger charge is -2.23. The quantitative estimate of drug-likeness (QED) is 0.835. The van der Waals surface area contributed by atoms with E-state index in [9.17, 15) is 0 Å². The zero-order valence-electron chi connectivity index (χ0n) is 9.42. The summed E-state index contributed by atoms with van der Waals surface area (Å²) >= 11 is 7.54. The third kappa shape index (κ3) is 4.11. The molecule has 0 spiro atoms. The van der Waals surface area contributed by atoms with Crippen LogP contribution in [0.3, 0.4) is 0 Å².